The van der Waals surface area contributed by atoms with Gasteiger partial charge in [0.15, 0.2) is 17.3 Å². The Kier molecular flexibility index (Phi) is 3.42. The number of azide groups is 1. The summed E-state index contributed by atoms with van der Waals surface area (Å²) in [5.41, 5.74) is 9.88. The van der Waals surface area contributed by atoms with Crippen molar-refractivity contribution in [1.82, 2.24) is 19.5 Å². The van der Waals surface area contributed by atoms with Crippen LogP contribution in [0.5, 0.6) is 0 Å². The lowest BCUT2D eigenvalue weighted by molar-refractivity contribution is -0.141. The number of halogens is 2. The number of aliphatic hydroxyl groups is 2. The number of ether oxygens (including phenoxy) is 1. The maximum absolute atomic E-state index is 14.4. The molecule has 12 nitrogen and oxygen atoms in total. The second-order valence-corrected chi connectivity index (χ2v) is 5.01. The van der Waals surface area contributed by atoms with Crippen LogP contribution in [0.3, 0.4) is 0 Å². The molecule has 3 rings (SSSR count). The minimum atomic E-state index is -4.00. The number of aliphatic hydroxyl groups excluding tert-OH is 2. The zero-order valence-electron chi connectivity index (χ0n) is 11.7. The van der Waals surface area contributed by atoms with Gasteiger partial charge in [0.2, 0.25) is 17.9 Å². The lowest BCUT2D eigenvalue weighted by Crippen LogP contribution is -2.47. The molecule has 0 amide bonds. The van der Waals surface area contributed by atoms with E-state index in [1.807, 2.05) is 0 Å². The molecule has 2 aromatic heterocycles. The van der Waals surface area contributed by atoms with Crippen LogP contribution >= 0.6 is 0 Å². The van der Waals surface area contributed by atoms with Crippen molar-refractivity contribution in [3.63, 3.8) is 0 Å². The number of nitrogens with one attached hydrogen (secondary N) is 1. The molecule has 0 aliphatic carbocycles. The van der Waals surface area contributed by atoms with Gasteiger partial charge >= 0.3 is 5.92 Å². The Morgan fingerprint density at radius 1 is 1.62 bits per heavy atom. The number of nitrogens with two attached hydrogens (primary N) is 1. The molecule has 1 saturated heterocycles. The SMILES string of the molecule is [N-]=[N+]=N[C@]1(CO)O[C@@H](n2cnc3c(=O)[nH]c(N)nc32)C(F)(F)C1O. The van der Waals surface area contributed by atoms with E-state index in [0.717, 1.165) is 6.33 Å². The second-order valence-electron chi connectivity index (χ2n) is 5.01. The first-order chi connectivity index (χ1) is 11.3. The topological polar surface area (TPSA) is 188 Å². The molecule has 24 heavy (non-hydrogen) atoms. The Labute approximate surface area is 130 Å². The molecule has 5 N–H and O–H groups in total. The smallest absolute Gasteiger partial charge is 0.320 e. The van der Waals surface area contributed by atoms with Gasteiger partial charge in [0.25, 0.3) is 5.56 Å². The Hall–Kier alpha value is -2.80. The van der Waals surface area contributed by atoms with Gasteiger partial charge in [-0.3, -0.25) is 14.3 Å². The molecule has 0 radical (unpaired) electrons. The number of hydrogen-bond donors (Lipinski definition) is 4. The fraction of sp³-hybridized carbons (Fsp3) is 0.500. The van der Waals surface area contributed by atoms with Crippen LogP contribution in [-0.2, 0) is 4.74 Å². The molecule has 0 saturated carbocycles. The van der Waals surface area contributed by atoms with Crippen LogP contribution in [0.15, 0.2) is 16.2 Å². The number of aromatic nitrogens is 4. The van der Waals surface area contributed by atoms with E-state index in [-0.39, 0.29) is 17.1 Å². The van der Waals surface area contributed by atoms with Crippen molar-refractivity contribution in [3.05, 3.63) is 27.1 Å². The summed E-state index contributed by atoms with van der Waals surface area (Å²) in [6.45, 7) is -1.20. The van der Waals surface area contributed by atoms with E-state index < -0.39 is 36.1 Å². The lowest BCUT2D eigenvalue weighted by Gasteiger charge is -2.23. The fourth-order valence-electron chi connectivity index (χ4n) is 2.44. The summed E-state index contributed by atoms with van der Waals surface area (Å²) in [6, 6.07) is 0. The van der Waals surface area contributed by atoms with Crippen LogP contribution in [0.2, 0.25) is 0 Å². The van der Waals surface area contributed by atoms with Crippen LogP contribution in [0.1, 0.15) is 6.23 Å². The highest BCUT2D eigenvalue weighted by atomic mass is 19.3. The third kappa shape index (κ3) is 2.01. The zero-order valence-corrected chi connectivity index (χ0v) is 11.7. The second kappa shape index (κ2) is 5.10. The zero-order chi connectivity index (χ0) is 17.7. The molecule has 1 aliphatic rings. The first-order valence-electron chi connectivity index (χ1n) is 6.40. The van der Waals surface area contributed by atoms with Gasteiger partial charge in [0, 0.05) is 4.91 Å². The van der Waals surface area contributed by atoms with E-state index in [0.29, 0.717) is 4.57 Å². The van der Waals surface area contributed by atoms with E-state index in [1.54, 1.807) is 0 Å². The van der Waals surface area contributed by atoms with Crippen molar-refractivity contribution in [1.29, 1.82) is 0 Å². The van der Waals surface area contributed by atoms with Gasteiger partial charge in [-0.15, -0.1) is 0 Å². The average Bonchev–Trinajstić information content (AvgIpc) is 3.01. The number of rotatable bonds is 3. The summed E-state index contributed by atoms with van der Waals surface area (Å²) in [4.78, 5) is 23.5. The van der Waals surface area contributed by atoms with Gasteiger partial charge < -0.3 is 20.7 Å². The van der Waals surface area contributed by atoms with Crippen molar-refractivity contribution in [3.8, 4) is 0 Å². The summed E-state index contributed by atoms with van der Waals surface area (Å²) < 4.78 is 34.5. The number of H-pyrrole nitrogens is 1. The average molecular weight is 344 g/mol. The molecule has 0 bridgehead atoms. The molecule has 3 atom stereocenters. The monoisotopic (exact) mass is 344 g/mol. The standard InChI is InChI=1S/C10H10F2N8O4/c11-10(12)6(23)9(1-21,18-19-14)24-7(10)20-2-15-3-4(20)16-8(13)17-5(3)22/h2,6-7,21,23H,1H2,(H3,13,16,17,22)/t6?,7-,9-/m1/s1. The molecule has 1 unspecified atom stereocenters. The fourth-order valence-corrected chi connectivity index (χ4v) is 2.44. The van der Waals surface area contributed by atoms with Gasteiger partial charge in [-0.2, -0.15) is 13.8 Å². The van der Waals surface area contributed by atoms with Gasteiger partial charge in [-0.05, 0) is 5.53 Å². The van der Waals surface area contributed by atoms with Crippen molar-refractivity contribution in [2.24, 2.45) is 5.11 Å². The Bertz CT molecular complexity index is 906. The number of aromatic amines is 1. The molecule has 14 heteroatoms. The lowest BCUT2D eigenvalue weighted by atomic mass is 10.1. The third-order valence-electron chi connectivity index (χ3n) is 3.58. The molecule has 0 spiro atoms. The quantitative estimate of drug-likeness (QED) is 0.319. The van der Waals surface area contributed by atoms with E-state index in [4.69, 9.17) is 16.0 Å². The number of nitrogen functional groups attached to an aromatic ring is 1. The minimum absolute atomic E-state index is 0.289. The number of fused-ring (bicyclic) bond motifs is 1. The van der Waals surface area contributed by atoms with E-state index in [1.165, 1.54) is 0 Å². The van der Waals surface area contributed by atoms with Crippen molar-refractivity contribution in [2.75, 3.05) is 12.3 Å². The highest BCUT2D eigenvalue weighted by Crippen LogP contribution is 2.49. The number of anilines is 1. The maximum Gasteiger partial charge on any atom is 0.320 e. The molecular weight excluding hydrogens is 334 g/mol. The molecule has 2 aromatic rings. The van der Waals surface area contributed by atoms with Crippen LogP contribution < -0.4 is 11.3 Å². The van der Waals surface area contributed by atoms with Crippen molar-refractivity contribution < 1.29 is 23.7 Å². The predicted octanol–water partition coefficient (Wildman–Crippen LogP) is -0.774. The van der Waals surface area contributed by atoms with Crippen LogP contribution in [0.4, 0.5) is 14.7 Å². The van der Waals surface area contributed by atoms with Crippen LogP contribution in [-0.4, -0.2) is 54.1 Å². The molecular formula is C10H10F2N8O4. The largest absolute Gasteiger partial charge is 0.393 e. The summed E-state index contributed by atoms with van der Waals surface area (Å²) in [6.07, 6.45) is -4.06. The van der Waals surface area contributed by atoms with E-state index in [2.05, 4.69) is 25.0 Å². The van der Waals surface area contributed by atoms with E-state index >= 15 is 0 Å². The predicted molar refractivity (Wildman–Crippen MR) is 72.6 cm³/mol. The molecule has 1 fully saturated rings. The highest BCUT2D eigenvalue weighted by molar-refractivity contribution is 5.70. The van der Waals surface area contributed by atoms with Crippen LogP contribution in [0.25, 0.3) is 21.6 Å². The summed E-state index contributed by atoms with van der Waals surface area (Å²) in [7, 11) is 0. The van der Waals surface area contributed by atoms with Gasteiger partial charge in [-0.1, -0.05) is 5.11 Å². The number of hydrogen-bond acceptors (Lipinski definition) is 8. The Morgan fingerprint density at radius 3 is 2.96 bits per heavy atom. The van der Waals surface area contributed by atoms with Crippen molar-refractivity contribution in [2.45, 2.75) is 24.0 Å². The maximum atomic E-state index is 14.4. The minimum Gasteiger partial charge on any atom is -0.393 e. The number of alkyl halides is 2. The highest BCUT2D eigenvalue weighted by Gasteiger charge is 2.67. The number of imidazole rings is 1. The Morgan fingerprint density at radius 2 is 2.33 bits per heavy atom. The summed E-state index contributed by atoms with van der Waals surface area (Å²) in [5.74, 6) is -4.34. The van der Waals surface area contributed by atoms with Gasteiger partial charge in [0.1, 0.15) is 0 Å². The Balaban J connectivity index is 2.20. The van der Waals surface area contributed by atoms with E-state index in [9.17, 15) is 23.8 Å². The molecule has 3 heterocycles. The summed E-state index contributed by atoms with van der Waals surface area (Å²) in [5, 5.41) is 22.0. The molecule has 0 aromatic carbocycles. The van der Waals surface area contributed by atoms with Gasteiger partial charge in [-0.25, -0.2) is 4.98 Å². The number of nitrogens with zero attached hydrogens (tertiary/aromatic N) is 6. The molecule has 128 valence electrons. The molecule has 1 aliphatic heterocycles. The third-order valence-corrected chi connectivity index (χ3v) is 3.58. The first-order valence-corrected chi connectivity index (χ1v) is 6.40. The first kappa shape index (κ1) is 16.1. The summed E-state index contributed by atoms with van der Waals surface area (Å²) >= 11 is 0. The normalized spacial score (nSPS) is 28.8. The van der Waals surface area contributed by atoms with Crippen molar-refractivity contribution >= 4 is 17.1 Å². The van der Waals surface area contributed by atoms with Gasteiger partial charge in [0.05, 0.1) is 12.9 Å². The van der Waals surface area contributed by atoms with Crippen LogP contribution in [0, 0.1) is 0 Å².